The van der Waals surface area contributed by atoms with Crippen LogP contribution in [0.1, 0.15) is 104 Å². The van der Waals surface area contributed by atoms with Gasteiger partial charge in [-0.1, -0.05) is 63.6 Å². The molecule has 0 radical (unpaired) electrons. The van der Waals surface area contributed by atoms with Crippen LogP contribution in [0.25, 0.3) is 16.6 Å². The second kappa shape index (κ2) is 13.1. The number of aromatic nitrogens is 1. The molecule has 0 spiro atoms. The van der Waals surface area contributed by atoms with Crippen molar-refractivity contribution < 1.29 is 14.7 Å². The Morgan fingerprint density at radius 2 is 1.66 bits per heavy atom. The molecule has 1 aliphatic rings. The van der Waals surface area contributed by atoms with Crippen molar-refractivity contribution in [2.75, 3.05) is 19.6 Å². The van der Waals surface area contributed by atoms with Gasteiger partial charge in [-0.15, -0.1) is 0 Å². The highest BCUT2D eigenvalue weighted by molar-refractivity contribution is 6.13. The van der Waals surface area contributed by atoms with E-state index in [2.05, 4.69) is 21.7 Å². The van der Waals surface area contributed by atoms with Gasteiger partial charge in [0.25, 0.3) is 5.91 Å². The second-order valence-electron chi connectivity index (χ2n) is 10.7. The fourth-order valence-electron chi connectivity index (χ4n) is 5.79. The van der Waals surface area contributed by atoms with Gasteiger partial charge in [-0.2, -0.15) is 0 Å². The summed E-state index contributed by atoms with van der Waals surface area (Å²) in [6.45, 7) is 8.70. The van der Waals surface area contributed by atoms with Crippen LogP contribution in [0.15, 0.2) is 36.4 Å². The number of nitrogens with one attached hydrogen (secondary N) is 1. The van der Waals surface area contributed by atoms with Crippen LogP contribution in [0, 0.1) is 6.92 Å². The summed E-state index contributed by atoms with van der Waals surface area (Å²) in [4.78, 5) is 28.7. The smallest absolute Gasteiger partial charge is 0.253 e. The Morgan fingerprint density at radius 1 is 0.974 bits per heavy atom. The summed E-state index contributed by atoms with van der Waals surface area (Å²) in [5, 5.41) is 15.3. The number of nitrogens with zero attached hydrogens (tertiary/aromatic N) is 2. The number of phenols is 1. The number of likely N-dealkylation sites (tertiary alicyclic amines) is 1. The fraction of sp³-hybridized carbons (Fsp3) is 0.500. The van der Waals surface area contributed by atoms with Crippen molar-refractivity contribution in [2.45, 2.75) is 85.1 Å². The van der Waals surface area contributed by atoms with Gasteiger partial charge in [-0.3, -0.25) is 14.5 Å². The van der Waals surface area contributed by atoms with Gasteiger partial charge in [0, 0.05) is 35.4 Å². The molecule has 1 saturated heterocycles. The number of benzene rings is 2. The van der Waals surface area contributed by atoms with Gasteiger partial charge in [-0.05, 0) is 64.4 Å². The highest BCUT2D eigenvalue weighted by atomic mass is 16.3. The fourth-order valence-corrected chi connectivity index (χ4v) is 5.79. The second-order valence-corrected chi connectivity index (χ2v) is 10.7. The van der Waals surface area contributed by atoms with Crippen molar-refractivity contribution in [1.82, 2.24) is 14.8 Å². The van der Waals surface area contributed by atoms with Gasteiger partial charge in [0.1, 0.15) is 5.75 Å². The van der Waals surface area contributed by atoms with Crippen molar-refractivity contribution in [2.24, 2.45) is 0 Å². The topological polar surface area (TPSA) is 74.6 Å². The van der Waals surface area contributed by atoms with Gasteiger partial charge < -0.3 is 15.0 Å². The van der Waals surface area contributed by atoms with Crippen molar-refractivity contribution in [3.05, 3.63) is 58.8 Å². The van der Waals surface area contributed by atoms with Gasteiger partial charge in [0.05, 0.1) is 16.6 Å². The van der Waals surface area contributed by atoms with E-state index < -0.39 is 0 Å². The van der Waals surface area contributed by atoms with E-state index in [0.717, 1.165) is 61.1 Å². The number of carbonyl (C=O) groups is 2. The van der Waals surface area contributed by atoms with Crippen molar-refractivity contribution in [1.29, 1.82) is 0 Å². The first-order valence-corrected chi connectivity index (χ1v) is 14.4. The SMILES string of the molecule is CCCCCCCCNC(=O)c1c(C)n(-c2ccccc2)c2cc(C(C)=O)c(O)c(CN3CCCCC3)c12. The van der Waals surface area contributed by atoms with Gasteiger partial charge in [-0.25, -0.2) is 0 Å². The number of hydrogen-bond acceptors (Lipinski definition) is 4. The summed E-state index contributed by atoms with van der Waals surface area (Å²) in [6, 6.07) is 11.7. The predicted molar refractivity (Wildman–Crippen MR) is 155 cm³/mol. The molecule has 1 aliphatic heterocycles. The van der Waals surface area contributed by atoms with Crippen LogP contribution in [0.3, 0.4) is 0 Å². The van der Waals surface area contributed by atoms with E-state index in [4.69, 9.17) is 0 Å². The third-order valence-corrected chi connectivity index (χ3v) is 7.84. The molecule has 38 heavy (non-hydrogen) atoms. The van der Waals surface area contributed by atoms with E-state index in [-0.39, 0.29) is 17.4 Å². The number of amides is 1. The number of fused-ring (bicyclic) bond motifs is 1. The minimum absolute atomic E-state index is 0.00533. The van der Waals surface area contributed by atoms with Gasteiger partial charge >= 0.3 is 0 Å². The maximum atomic E-state index is 13.7. The van der Waals surface area contributed by atoms with Crippen molar-refractivity contribution >= 4 is 22.6 Å². The number of Topliss-reactive ketones (excluding diaryl/α,β-unsaturated/α-hetero) is 1. The summed E-state index contributed by atoms with van der Waals surface area (Å²) in [5.41, 5.74) is 4.09. The van der Waals surface area contributed by atoms with Crippen LogP contribution in [0.4, 0.5) is 0 Å². The van der Waals surface area contributed by atoms with E-state index in [1.807, 2.05) is 37.3 Å². The number of rotatable bonds is 12. The molecule has 4 rings (SSSR count). The van der Waals surface area contributed by atoms with Crippen LogP contribution in [0.5, 0.6) is 5.75 Å². The Hall–Kier alpha value is -3.12. The molecule has 0 bridgehead atoms. The molecule has 1 amide bonds. The molecule has 2 N–H and O–H groups in total. The molecule has 3 aromatic rings. The number of phenolic OH excluding ortho intramolecular Hbond substituents is 1. The highest BCUT2D eigenvalue weighted by Gasteiger charge is 2.28. The van der Waals surface area contributed by atoms with Crippen molar-refractivity contribution in [3.8, 4) is 11.4 Å². The number of piperidine rings is 1. The quantitative estimate of drug-likeness (QED) is 0.202. The molecular formula is C32H43N3O3. The van der Waals surface area contributed by atoms with Crippen LogP contribution in [-0.2, 0) is 6.54 Å². The zero-order valence-electron chi connectivity index (χ0n) is 23.3. The lowest BCUT2D eigenvalue weighted by atomic mass is 9.97. The standard InChI is InChI=1S/C32H43N3O3/c1-4-5-6-7-8-13-18-33-32(38)29-23(2)35(25-16-11-9-12-17-25)28-21-26(24(3)36)31(37)27(30(28)29)22-34-19-14-10-15-20-34/h9,11-12,16-17,21,37H,4-8,10,13-15,18-20,22H2,1-3H3,(H,33,38). The Kier molecular flexibility index (Phi) is 9.62. The van der Waals surface area contributed by atoms with Crippen molar-refractivity contribution in [3.63, 3.8) is 0 Å². The van der Waals surface area contributed by atoms with Crippen LogP contribution < -0.4 is 5.32 Å². The van der Waals surface area contributed by atoms with E-state index in [9.17, 15) is 14.7 Å². The first kappa shape index (κ1) is 27.9. The molecule has 204 valence electrons. The minimum atomic E-state index is -0.183. The van der Waals surface area contributed by atoms with E-state index >= 15 is 0 Å². The largest absolute Gasteiger partial charge is 0.507 e. The van der Waals surface area contributed by atoms with Crippen LogP contribution >= 0.6 is 0 Å². The average Bonchev–Trinajstić information content (AvgIpc) is 3.22. The molecule has 2 heterocycles. The van der Waals surface area contributed by atoms with Crippen LogP contribution in [0.2, 0.25) is 0 Å². The first-order chi connectivity index (χ1) is 18.4. The molecule has 1 fully saturated rings. The number of carbonyl (C=O) groups excluding carboxylic acids is 2. The normalized spacial score (nSPS) is 14.2. The third kappa shape index (κ3) is 6.12. The number of hydrogen-bond donors (Lipinski definition) is 2. The Labute approximate surface area is 227 Å². The van der Waals surface area contributed by atoms with Gasteiger partial charge in [0.2, 0.25) is 0 Å². The number of aromatic hydroxyl groups is 1. The molecule has 0 aliphatic carbocycles. The lowest BCUT2D eigenvalue weighted by Crippen LogP contribution is -2.29. The zero-order valence-corrected chi connectivity index (χ0v) is 23.3. The van der Waals surface area contributed by atoms with E-state index in [0.29, 0.717) is 29.8 Å². The Morgan fingerprint density at radius 3 is 2.34 bits per heavy atom. The molecule has 0 saturated carbocycles. The van der Waals surface area contributed by atoms with E-state index in [1.165, 1.54) is 39.0 Å². The minimum Gasteiger partial charge on any atom is -0.507 e. The Bertz CT molecular complexity index is 1260. The lowest BCUT2D eigenvalue weighted by molar-refractivity contribution is 0.0952. The zero-order chi connectivity index (χ0) is 27.1. The molecule has 6 nitrogen and oxygen atoms in total. The first-order valence-electron chi connectivity index (χ1n) is 14.4. The molecule has 6 heteroatoms. The highest BCUT2D eigenvalue weighted by Crippen LogP contribution is 2.39. The number of unbranched alkanes of at least 4 members (excludes halogenated alkanes) is 5. The van der Waals surface area contributed by atoms with Crippen LogP contribution in [-0.4, -0.2) is 45.9 Å². The summed E-state index contributed by atoms with van der Waals surface area (Å²) in [6.07, 6.45) is 10.4. The molecule has 0 unspecified atom stereocenters. The summed E-state index contributed by atoms with van der Waals surface area (Å²) >= 11 is 0. The lowest BCUT2D eigenvalue weighted by Gasteiger charge is -2.27. The van der Waals surface area contributed by atoms with Gasteiger partial charge in [0.15, 0.2) is 5.78 Å². The predicted octanol–water partition coefficient (Wildman–Crippen LogP) is 6.92. The molecule has 1 aromatic heterocycles. The molecule has 2 aromatic carbocycles. The summed E-state index contributed by atoms with van der Waals surface area (Å²) in [7, 11) is 0. The van der Waals surface area contributed by atoms with E-state index in [1.54, 1.807) is 6.07 Å². The third-order valence-electron chi connectivity index (χ3n) is 7.84. The number of ketones is 1. The monoisotopic (exact) mass is 517 g/mol. The summed E-state index contributed by atoms with van der Waals surface area (Å²) in [5.74, 6) is -0.298. The maximum Gasteiger partial charge on any atom is 0.253 e. The molecular weight excluding hydrogens is 474 g/mol. The summed E-state index contributed by atoms with van der Waals surface area (Å²) < 4.78 is 2.06. The average molecular weight is 518 g/mol. The maximum absolute atomic E-state index is 13.7. The Balaban J connectivity index is 1.79. The number of para-hydroxylation sites is 1. The molecule has 0 atom stereocenters.